The molecule has 0 aliphatic carbocycles. The molecule has 3 aromatic rings. The SMILES string of the molecule is Cc1c(C(=O)N(C)Cc2ccc(C#N)cc2)cnn1-c1cccc(Cl)c1. The third-order valence-electron chi connectivity index (χ3n) is 4.14. The summed E-state index contributed by atoms with van der Waals surface area (Å²) in [6.45, 7) is 2.31. The first-order valence-electron chi connectivity index (χ1n) is 8.04. The van der Waals surface area contributed by atoms with Crippen LogP contribution >= 0.6 is 11.6 Å². The van der Waals surface area contributed by atoms with Gasteiger partial charge in [-0.1, -0.05) is 29.8 Å². The van der Waals surface area contributed by atoms with Gasteiger partial charge in [0.05, 0.1) is 34.8 Å². The molecule has 1 aromatic heterocycles. The fourth-order valence-corrected chi connectivity index (χ4v) is 2.91. The van der Waals surface area contributed by atoms with E-state index in [9.17, 15) is 4.79 Å². The van der Waals surface area contributed by atoms with E-state index in [1.54, 1.807) is 47.1 Å². The first-order chi connectivity index (χ1) is 12.5. The standard InChI is InChI=1S/C20H17ClN4O/c1-14-19(12-23-25(14)18-5-3-4-17(21)10-18)20(26)24(2)13-16-8-6-15(11-22)7-9-16/h3-10,12H,13H2,1-2H3. The molecule has 0 unspecified atom stereocenters. The average molecular weight is 365 g/mol. The van der Waals surface area contributed by atoms with Gasteiger partial charge >= 0.3 is 0 Å². The summed E-state index contributed by atoms with van der Waals surface area (Å²) in [5, 5.41) is 13.8. The number of benzene rings is 2. The first kappa shape index (κ1) is 17.7. The third-order valence-corrected chi connectivity index (χ3v) is 4.38. The molecule has 0 fully saturated rings. The molecule has 2 aromatic carbocycles. The Morgan fingerprint density at radius 2 is 2.00 bits per heavy atom. The number of hydrogen-bond donors (Lipinski definition) is 0. The number of halogens is 1. The molecule has 5 nitrogen and oxygen atoms in total. The number of carbonyl (C=O) groups is 1. The van der Waals surface area contributed by atoms with Crippen molar-refractivity contribution in [2.45, 2.75) is 13.5 Å². The number of amides is 1. The number of rotatable bonds is 4. The molecular weight excluding hydrogens is 348 g/mol. The fourth-order valence-electron chi connectivity index (χ4n) is 2.72. The quantitative estimate of drug-likeness (QED) is 0.703. The van der Waals surface area contributed by atoms with E-state index >= 15 is 0 Å². The minimum atomic E-state index is -0.111. The maximum atomic E-state index is 12.8. The van der Waals surface area contributed by atoms with Crippen LogP contribution in [0.1, 0.15) is 27.2 Å². The van der Waals surface area contributed by atoms with Crippen molar-refractivity contribution < 1.29 is 4.79 Å². The highest BCUT2D eigenvalue weighted by atomic mass is 35.5. The van der Waals surface area contributed by atoms with E-state index in [0.29, 0.717) is 22.7 Å². The van der Waals surface area contributed by atoms with Gasteiger partial charge in [-0.05, 0) is 42.8 Å². The third kappa shape index (κ3) is 3.61. The molecule has 1 amide bonds. The number of nitrogens with zero attached hydrogens (tertiary/aromatic N) is 4. The summed E-state index contributed by atoms with van der Waals surface area (Å²) in [6, 6.07) is 16.6. The fraction of sp³-hybridized carbons (Fsp3) is 0.150. The summed E-state index contributed by atoms with van der Waals surface area (Å²) in [4.78, 5) is 14.4. The topological polar surface area (TPSA) is 61.9 Å². The Morgan fingerprint density at radius 3 is 2.65 bits per heavy atom. The van der Waals surface area contributed by atoms with E-state index in [1.165, 1.54) is 0 Å². The highest BCUT2D eigenvalue weighted by molar-refractivity contribution is 6.30. The number of carbonyl (C=O) groups excluding carboxylic acids is 1. The number of nitriles is 1. The lowest BCUT2D eigenvalue weighted by atomic mass is 10.1. The lowest BCUT2D eigenvalue weighted by molar-refractivity contribution is 0.0784. The van der Waals surface area contributed by atoms with Gasteiger partial charge in [0.15, 0.2) is 0 Å². The molecule has 26 heavy (non-hydrogen) atoms. The second-order valence-electron chi connectivity index (χ2n) is 6.01. The first-order valence-corrected chi connectivity index (χ1v) is 8.42. The van der Waals surface area contributed by atoms with Gasteiger partial charge in [0.2, 0.25) is 0 Å². The Kier molecular flexibility index (Phi) is 5.06. The van der Waals surface area contributed by atoms with Crippen molar-refractivity contribution >= 4 is 17.5 Å². The van der Waals surface area contributed by atoms with Crippen molar-refractivity contribution in [1.82, 2.24) is 14.7 Å². The summed E-state index contributed by atoms with van der Waals surface area (Å²) < 4.78 is 1.70. The zero-order chi connectivity index (χ0) is 18.7. The largest absolute Gasteiger partial charge is 0.337 e. The molecule has 0 atom stereocenters. The van der Waals surface area contributed by atoms with E-state index in [0.717, 1.165) is 16.9 Å². The Labute approximate surface area is 157 Å². The monoisotopic (exact) mass is 364 g/mol. The van der Waals surface area contributed by atoms with Crippen LogP contribution in [-0.4, -0.2) is 27.6 Å². The lowest BCUT2D eigenvalue weighted by Gasteiger charge is -2.17. The Hall–Kier alpha value is -3.10. The van der Waals surface area contributed by atoms with Crippen molar-refractivity contribution in [1.29, 1.82) is 5.26 Å². The number of hydrogen-bond acceptors (Lipinski definition) is 3. The molecule has 0 saturated heterocycles. The van der Waals surface area contributed by atoms with E-state index < -0.39 is 0 Å². The second kappa shape index (κ2) is 7.42. The van der Waals surface area contributed by atoms with Gasteiger partial charge in [-0.25, -0.2) is 4.68 Å². The van der Waals surface area contributed by atoms with Gasteiger partial charge < -0.3 is 4.90 Å². The van der Waals surface area contributed by atoms with E-state index in [4.69, 9.17) is 16.9 Å². The number of aromatic nitrogens is 2. The summed E-state index contributed by atoms with van der Waals surface area (Å²) in [6.07, 6.45) is 1.58. The molecule has 0 saturated carbocycles. The summed E-state index contributed by atoms with van der Waals surface area (Å²) >= 11 is 6.04. The Morgan fingerprint density at radius 1 is 1.27 bits per heavy atom. The molecule has 0 bridgehead atoms. The molecule has 6 heteroatoms. The minimum Gasteiger partial charge on any atom is -0.337 e. The Bertz CT molecular complexity index is 986. The van der Waals surface area contributed by atoms with Crippen LogP contribution in [0.3, 0.4) is 0 Å². The van der Waals surface area contributed by atoms with Gasteiger partial charge in [0, 0.05) is 18.6 Å². The van der Waals surface area contributed by atoms with Gasteiger partial charge in [-0.15, -0.1) is 0 Å². The predicted octanol–water partition coefficient (Wildman–Crippen LogP) is 3.98. The maximum Gasteiger partial charge on any atom is 0.257 e. The van der Waals surface area contributed by atoms with Gasteiger partial charge in [-0.2, -0.15) is 10.4 Å². The summed E-state index contributed by atoms with van der Waals surface area (Å²) in [5.41, 5.74) is 3.66. The van der Waals surface area contributed by atoms with Gasteiger partial charge in [-0.3, -0.25) is 4.79 Å². The van der Waals surface area contributed by atoms with Crippen molar-refractivity contribution in [3.05, 3.63) is 82.1 Å². The van der Waals surface area contributed by atoms with Crippen LogP contribution in [0.5, 0.6) is 0 Å². The van der Waals surface area contributed by atoms with Crippen molar-refractivity contribution in [3.63, 3.8) is 0 Å². The van der Waals surface area contributed by atoms with Crippen LogP contribution in [-0.2, 0) is 6.54 Å². The minimum absolute atomic E-state index is 0.111. The highest BCUT2D eigenvalue weighted by Gasteiger charge is 2.19. The van der Waals surface area contributed by atoms with Gasteiger partial charge in [0.25, 0.3) is 5.91 Å². The van der Waals surface area contributed by atoms with E-state index in [-0.39, 0.29) is 5.91 Å². The summed E-state index contributed by atoms with van der Waals surface area (Å²) in [7, 11) is 1.75. The average Bonchev–Trinajstić information content (AvgIpc) is 3.03. The van der Waals surface area contributed by atoms with Crippen LogP contribution in [0.4, 0.5) is 0 Å². The normalized spacial score (nSPS) is 10.4. The molecule has 0 aliphatic rings. The molecule has 1 heterocycles. The summed E-state index contributed by atoms with van der Waals surface area (Å²) in [5.74, 6) is -0.111. The molecule has 0 spiro atoms. The predicted molar refractivity (Wildman–Crippen MR) is 100 cm³/mol. The van der Waals surface area contributed by atoms with Crippen molar-refractivity contribution in [2.24, 2.45) is 0 Å². The van der Waals surface area contributed by atoms with Crippen LogP contribution in [0.2, 0.25) is 5.02 Å². The van der Waals surface area contributed by atoms with Crippen molar-refractivity contribution in [3.8, 4) is 11.8 Å². The molecule has 130 valence electrons. The van der Waals surface area contributed by atoms with E-state index in [2.05, 4.69) is 11.2 Å². The van der Waals surface area contributed by atoms with Crippen molar-refractivity contribution in [2.75, 3.05) is 7.05 Å². The van der Waals surface area contributed by atoms with Crippen LogP contribution in [0.15, 0.2) is 54.7 Å². The van der Waals surface area contributed by atoms with Gasteiger partial charge in [0.1, 0.15) is 0 Å². The lowest BCUT2D eigenvalue weighted by Crippen LogP contribution is -2.26. The second-order valence-corrected chi connectivity index (χ2v) is 6.44. The molecule has 0 radical (unpaired) electrons. The van der Waals surface area contributed by atoms with E-state index in [1.807, 2.05) is 31.2 Å². The van der Waals surface area contributed by atoms with Crippen LogP contribution < -0.4 is 0 Å². The highest BCUT2D eigenvalue weighted by Crippen LogP contribution is 2.19. The molecular formula is C20H17ClN4O. The zero-order valence-corrected chi connectivity index (χ0v) is 15.2. The molecule has 3 rings (SSSR count). The smallest absolute Gasteiger partial charge is 0.257 e. The molecule has 0 aliphatic heterocycles. The van der Waals surface area contributed by atoms with Crippen LogP contribution in [0, 0.1) is 18.3 Å². The van der Waals surface area contributed by atoms with Crippen LogP contribution in [0.25, 0.3) is 5.69 Å². The Balaban J connectivity index is 1.80. The maximum absolute atomic E-state index is 12.8. The molecule has 0 N–H and O–H groups in total. The zero-order valence-electron chi connectivity index (χ0n) is 14.5.